The Morgan fingerprint density at radius 2 is 0.865 bits per heavy atom. The summed E-state index contributed by atoms with van der Waals surface area (Å²) in [5, 5.41) is 109. The van der Waals surface area contributed by atoms with Gasteiger partial charge in [-0.3, -0.25) is 97.7 Å². The molecule has 4 aromatic carbocycles. The van der Waals surface area contributed by atoms with Crippen LogP contribution in [0.5, 0.6) is 11.5 Å². The lowest BCUT2D eigenvalue weighted by atomic mass is 9.96. The predicted molar refractivity (Wildman–Crippen MR) is 549 cm³/mol. The standard InChI is InChI=1S/C98H145N27O22S/c1-7-55(4)81(124-91(142)73(49-58-28-32-61(127)33-29-58)113-79(130)53-111-82(133)70(40-46-148-6)117-87(138)69(37-39-80(131)132)115-86(137)68(36-38-78(100)129)116-90(141)75(51-60-52-110-64-22-12-11-21-63(60)64)121-83(134)65(112-56(5)126)24-15-42-107-96(101)102)93(144)122-74(48-57-19-9-8-10-20-57)89(140)123-76(50-59-30-34-62(128)35-31-59)94(145)125-45-18-27-77(125)92(143)118-67(25-16-43-108-97(103)104)84(135)114-66(23-13-14-41-99)85(136)120-72(47-54(2)3)88(139)119-71(95(146)147)26-17-44-109-98(105)106/h8-12,19-22,28-35,52,54-55,65-77,81,110,127-128H,7,13-18,23-27,36-51,53,99H2,1-6H3,(H2,100,129)(H,111,133)(H,112,126)(H,113,130)(H,114,135)(H,115,137)(H,116,141)(H,117,138)(H,118,143)(H,119,139)(H,120,136)(H,121,134)(H,122,144)(H,123,140)(H,124,142)(H,131,132)(H,146,147)(H4,101,102,107)(H4,103,104,108)(H4,105,106,109)/t55-,65-,66-,67-,68-,69-,70-,71-,72-,73-,74-,75-,76-,77-,81-/m0/s1. The minimum atomic E-state index is -1.80. The van der Waals surface area contributed by atoms with E-state index in [2.05, 4.69) is 95.4 Å². The number of hydrogen-bond donors (Lipinski definition) is 30. The number of guanidine groups is 3. The molecule has 0 unspecified atom stereocenters. The first-order valence-corrected chi connectivity index (χ1v) is 50.6. The Hall–Kier alpha value is -15.4. The van der Waals surface area contributed by atoms with Gasteiger partial charge in [0.1, 0.15) is 96.1 Å². The van der Waals surface area contributed by atoms with Gasteiger partial charge >= 0.3 is 11.9 Å². The van der Waals surface area contributed by atoms with E-state index in [4.69, 9.17) is 44.9 Å². The molecule has 15 atom stereocenters. The average Bonchev–Trinajstić information content (AvgIpc) is 1.64. The van der Waals surface area contributed by atoms with Crippen LogP contribution in [0.25, 0.3) is 10.9 Å². The van der Waals surface area contributed by atoms with Gasteiger partial charge in [0.25, 0.3) is 0 Å². The van der Waals surface area contributed by atoms with Crippen molar-refractivity contribution in [2.45, 2.75) is 260 Å². The summed E-state index contributed by atoms with van der Waals surface area (Å²) in [4.78, 5) is 260. The first-order valence-electron chi connectivity index (χ1n) is 49.2. The highest BCUT2D eigenvalue weighted by atomic mass is 32.2. The molecule has 1 fully saturated rings. The molecule has 49 nitrogen and oxygen atoms in total. The minimum absolute atomic E-state index is 0.00201. The number of unbranched alkanes of at least 4 members (excludes halogenated alkanes) is 1. The number of rotatable bonds is 66. The second-order valence-electron chi connectivity index (χ2n) is 36.7. The lowest BCUT2D eigenvalue weighted by Gasteiger charge is -2.32. The number of nitrogens with zero attached hydrogens (tertiary/aromatic N) is 1. The summed E-state index contributed by atoms with van der Waals surface area (Å²) in [7, 11) is 0. The Labute approximate surface area is 861 Å². The zero-order valence-corrected chi connectivity index (χ0v) is 84.8. The molecule has 0 bridgehead atoms. The van der Waals surface area contributed by atoms with Crippen LogP contribution < -0.4 is 119 Å². The number of carbonyl (C=O) groups excluding carboxylic acids is 16. The molecule has 0 saturated carbocycles. The summed E-state index contributed by atoms with van der Waals surface area (Å²) >= 11 is 1.24. The van der Waals surface area contributed by atoms with Crippen LogP contribution in [0.4, 0.5) is 0 Å². The Bertz CT molecular complexity index is 5350. The summed E-state index contributed by atoms with van der Waals surface area (Å²) in [6.45, 7) is 7.57. The number of nitrogens with two attached hydrogens (primary N) is 5. The third kappa shape index (κ3) is 43.1. The molecule has 1 aromatic heterocycles. The lowest BCUT2D eigenvalue weighted by molar-refractivity contribution is -0.143. The van der Waals surface area contributed by atoms with E-state index < -0.39 is 235 Å². The molecule has 0 spiro atoms. The van der Waals surface area contributed by atoms with Crippen molar-refractivity contribution in [1.82, 2.24) is 100 Å². The average molecular weight is 2090 g/mol. The number of aromatic amines is 1. The van der Waals surface area contributed by atoms with Gasteiger partial charge in [0.05, 0.1) is 6.54 Å². The zero-order valence-electron chi connectivity index (χ0n) is 84.0. The number of thioether (sulfide) groups is 1. The largest absolute Gasteiger partial charge is 0.508 e. The third-order valence-electron chi connectivity index (χ3n) is 24.4. The molecule has 810 valence electrons. The van der Waals surface area contributed by atoms with Crippen LogP contribution in [0.2, 0.25) is 0 Å². The van der Waals surface area contributed by atoms with E-state index in [1.165, 1.54) is 72.1 Å². The summed E-state index contributed by atoms with van der Waals surface area (Å²) < 4.78 is 0. The number of carbonyl (C=O) groups is 18. The number of phenols is 2. The number of likely N-dealkylation sites (tertiary alicyclic amines) is 1. The summed E-state index contributed by atoms with van der Waals surface area (Å²) in [5.74, 6) is -19.7. The third-order valence-corrected chi connectivity index (χ3v) is 25.0. The normalized spacial score (nSPS) is 14.9. The van der Waals surface area contributed by atoms with Crippen LogP contribution in [0.15, 0.2) is 109 Å². The van der Waals surface area contributed by atoms with Crippen molar-refractivity contribution in [2.75, 3.05) is 51.3 Å². The lowest BCUT2D eigenvalue weighted by Crippen LogP contribution is -2.61. The number of carboxylic acids is 2. The number of nitrogens with one attached hydrogen (secondary N) is 21. The van der Waals surface area contributed by atoms with Gasteiger partial charge in [-0.05, 0) is 179 Å². The number of aromatic hydroxyl groups is 2. The molecule has 16 amide bonds. The minimum Gasteiger partial charge on any atom is -0.508 e. The maximum atomic E-state index is 15.6. The SMILES string of the molecule is CC[C@H](C)[C@H](NC(=O)[C@H](Cc1ccc(O)cc1)NC(=O)CNC(=O)[C@H](CCSC)NC(=O)[C@H](CCC(=O)O)NC(=O)[C@H](CCC(N)=O)NC(=O)[C@H](Cc1c[nH]c2ccccc12)NC(=O)[C@H](CCCNC(=N)N)NC(C)=O)C(=O)N[C@@H](Cc1ccccc1)C(=O)N[C@@H](Cc1ccc(O)cc1)C(=O)N1CCC[C@H]1C(=O)N[C@@H](CCCNC(=N)N)C(=O)N[C@@H](CCCCN)C(=O)N[C@@H](CC(C)C)C(=O)N[C@@H](CCCNC(=N)N)C(=O)O. The zero-order chi connectivity index (χ0) is 109. The molecule has 5 aromatic rings. The fourth-order valence-electron chi connectivity index (χ4n) is 16.3. The number of para-hydroxylation sites is 1. The summed E-state index contributed by atoms with van der Waals surface area (Å²) in [5.41, 5.74) is 30.3. The van der Waals surface area contributed by atoms with Crippen LogP contribution in [-0.2, 0) is 112 Å². The van der Waals surface area contributed by atoms with Gasteiger partial charge in [0.2, 0.25) is 94.5 Å². The fourth-order valence-corrected chi connectivity index (χ4v) is 16.8. The number of fused-ring (bicyclic) bond motifs is 1. The monoisotopic (exact) mass is 2080 g/mol. The highest BCUT2D eigenvalue weighted by Gasteiger charge is 2.43. The van der Waals surface area contributed by atoms with Crippen LogP contribution in [0.1, 0.15) is 172 Å². The number of aliphatic carboxylic acids is 2. The highest BCUT2D eigenvalue weighted by molar-refractivity contribution is 7.98. The number of primary amides is 1. The molecule has 0 radical (unpaired) electrons. The molecule has 148 heavy (non-hydrogen) atoms. The fraction of sp³-hybridized carbons (Fsp3) is 0.520. The maximum absolute atomic E-state index is 15.6. The van der Waals surface area contributed by atoms with Gasteiger partial charge < -0.3 is 149 Å². The van der Waals surface area contributed by atoms with Gasteiger partial charge in [-0.25, -0.2) is 4.79 Å². The van der Waals surface area contributed by atoms with Crippen LogP contribution in [-0.4, -0.2) is 291 Å². The van der Waals surface area contributed by atoms with Crippen molar-refractivity contribution in [3.8, 4) is 11.5 Å². The molecule has 35 N–H and O–H groups in total. The Morgan fingerprint density at radius 3 is 1.36 bits per heavy atom. The molecule has 1 aliphatic heterocycles. The van der Waals surface area contributed by atoms with E-state index in [1.54, 1.807) is 94.7 Å². The quantitative estimate of drug-likeness (QED) is 0.0107. The molecule has 1 aliphatic rings. The topological polar surface area (TPSA) is 813 Å². The highest BCUT2D eigenvalue weighted by Crippen LogP contribution is 2.25. The van der Waals surface area contributed by atoms with E-state index in [0.29, 0.717) is 39.6 Å². The van der Waals surface area contributed by atoms with E-state index >= 15 is 24.0 Å². The van der Waals surface area contributed by atoms with Crippen molar-refractivity contribution in [1.29, 1.82) is 16.2 Å². The Morgan fingerprint density at radius 1 is 0.446 bits per heavy atom. The van der Waals surface area contributed by atoms with Gasteiger partial charge in [-0.1, -0.05) is 107 Å². The second-order valence-corrected chi connectivity index (χ2v) is 37.7. The number of hydrogen-bond acceptors (Lipinski definition) is 25. The maximum Gasteiger partial charge on any atom is 0.326 e. The smallest absolute Gasteiger partial charge is 0.326 e. The first kappa shape index (κ1) is 121. The Balaban J connectivity index is 1.24. The van der Waals surface area contributed by atoms with Gasteiger partial charge in [-0.15, -0.1) is 0 Å². The van der Waals surface area contributed by atoms with Gasteiger partial charge in [0.15, 0.2) is 17.9 Å². The van der Waals surface area contributed by atoms with Crippen LogP contribution in [0.3, 0.4) is 0 Å². The predicted octanol–water partition coefficient (Wildman–Crippen LogP) is -2.74. The van der Waals surface area contributed by atoms with Crippen LogP contribution >= 0.6 is 11.8 Å². The van der Waals surface area contributed by atoms with E-state index in [9.17, 15) is 82.8 Å². The molecule has 6 rings (SSSR count). The first-order chi connectivity index (χ1) is 70.4. The Kier molecular flexibility index (Phi) is 51.7. The number of carboxylic acid groups (broad SMARTS) is 2. The number of aromatic nitrogens is 1. The van der Waals surface area contributed by atoms with E-state index in [-0.39, 0.29) is 177 Å². The number of H-pyrrole nitrogens is 1. The van der Waals surface area contributed by atoms with E-state index in [0.717, 1.165) is 0 Å². The van der Waals surface area contributed by atoms with Crippen molar-refractivity contribution in [2.24, 2.45) is 40.5 Å². The van der Waals surface area contributed by atoms with Crippen molar-refractivity contribution < 1.29 is 107 Å². The molecule has 50 heteroatoms. The molecule has 1 saturated heterocycles. The second kappa shape index (κ2) is 63.1. The number of phenolic OH excluding ortho intramolecular Hbond substituents is 2. The van der Waals surface area contributed by atoms with Crippen molar-refractivity contribution in [3.05, 3.63) is 132 Å². The van der Waals surface area contributed by atoms with Crippen LogP contribution in [0, 0.1) is 28.1 Å². The van der Waals surface area contributed by atoms with Crippen molar-refractivity contribution >= 4 is 147 Å². The molecule has 0 aliphatic carbocycles. The van der Waals surface area contributed by atoms with Gasteiger partial charge in [-0.2, -0.15) is 11.8 Å². The number of benzene rings is 4. The summed E-state index contributed by atoms with van der Waals surface area (Å²) in [6.07, 6.45) is 0.982. The van der Waals surface area contributed by atoms with Crippen molar-refractivity contribution in [3.63, 3.8) is 0 Å². The summed E-state index contributed by atoms with van der Waals surface area (Å²) in [6, 6.07) is 5.61. The van der Waals surface area contributed by atoms with E-state index in [1.807, 2.05) is 0 Å². The molecular weight excluding hydrogens is 1940 g/mol. The number of amides is 16. The molecular formula is C98H145N27O22S. The molecule has 2 heterocycles. The van der Waals surface area contributed by atoms with Gasteiger partial charge in [0, 0.05) is 88.7 Å².